The van der Waals surface area contributed by atoms with Gasteiger partial charge in [-0.3, -0.25) is 4.40 Å². The largest absolute Gasteiger partial charge is 0.337 e. The fourth-order valence-electron chi connectivity index (χ4n) is 1.79. The Morgan fingerprint density at radius 2 is 2.17 bits per heavy atom. The van der Waals surface area contributed by atoms with E-state index in [-0.39, 0.29) is 0 Å². The standard InChI is InChI=1S/C12H11BrN4S/c1-7-6-14-12(15-7)18-11-10(13)17-8(2)4-3-5-9(17)16-11/h3-6H,1-2H3,(H,14,15). The van der Waals surface area contributed by atoms with Crippen LogP contribution in [0, 0.1) is 13.8 Å². The lowest BCUT2D eigenvalue weighted by Crippen LogP contribution is -1.89. The van der Waals surface area contributed by atoms with Crippen molar-refractivity contribution in [1.82, 2.24) is 19.4 Å². The second kappa shape index (κ2) is 4.44. The number of pyridine rings is 1. The van der Waals surface area contributed by atoms with Gasteiger partial charge in [0.05, 0.1) is 0 Å². The molecule has 6 heteroatoms. The first kappa shape index (κ1) is 11.8. The number of H-pyrrole nitrogens is 1. The molecule has 18 heavy (non-hydrogen) atoms. The van der Waals surface area contributed by atoms with Crippen LogP contribution in [0.1, 0.15) is 11.4 Å². The number of hydrogen-bond acceptors (Lipinski definition) is 3. The Labute approximate surface area is 117 Å². The molecule has 0 aliphatic carbocycles. The van der Waals surface area contributed by atoms with Crippen molar-refractivity contribution in [3.8, 4) is 0 Å². The molecule has 0 fully saturated rings. The van der Waals surface area contributed by atoms with Gasteiger partial charge in [0, 0.05) is 17.6 Å². The Kier molecular flexibility index (Phi) is 2.91. The van der Waals surface area contributed by atoms with Gasteiger partial charge in [-0.25, -0.2) is 9.97 Å². The molecule has 0 unspecified atom stereocenters. The second-order valence-corrected chi connectivity index (χ2v) is 5.77. The van der Waals surface area contributed by atoms with E-state index in [2.05, 4.69) is 48.3 Å². The molecule has 0 aliphatic heterocycles. The van der Waals surface area contributed by atoms with E-state index in [1.54, 1.807) is 0 Å². The average molecular weight is 323 g/mol. The number of aryl methyl sites for hydroxylation is 2. The van der Waals surface area contributed by atoms with E-state index in [0.29, 0.717) is 0 Å². The predicted octanol–water partition coefficient (Wildman–Crippen LogP) is 3.59. The number of rotatable bonds is 2. The van der Waals surface area contributed by atoms with Gasteiger partial charge in [-0.1, -0.05) is 6.07 Å². The Bertz CT molecular complexity index is 716. The molecule has 0 aliphatic rings. The third kappa shape index (κ3) is 1.95. The SMILES string of the molecule is Cc1cnc(Sc2nc3cccc(C)n3c2Br)[nH]1. The quantitative estimate of drug-likeness (QED) is 0.784. The van der Waals surface area contributed by atoms with Gasteiger partial charge in [0.1, 0.15) is 15.3 Å². The zero-order chi connectivity index (χ0) is 12.7. The molecule has 3 aromatic heterocycles. The van der Waals surface area contributed by atoms with Crippen LogP contribution < -0.4 is 0 Å². The first-order valence-electron chi connectivity index (χ1n) is 5.48. The van der Waals surface area contributed by atoms with Crippen LogP contribution in [0.4, 0.5) is 0 Å². The van der Waals surface area contributed by atoms with E-state index in [4.69, 9.17) is 0 Å². The molecule has 0 bridgehead atoms. The normalized spacial score (nSPS) is 11.3. The van der Waals surface area contributed by atoms with Gasteiger partial charge in [-0.15, -0.1) is 0 Å². The molecular weight excluding hydrogens is 312 g/mol. The van der Waals surface area contributed by atoms with E-state index >= 15 is 0 Å². The first-order chi connectivity index (χ1) is 8.65. The fourth-order valence-corrected chi connectivity index (χ4v) is 3.40. The summed E-state index contributed by atoms with van der Waals surface area (Å²) in [7, 11) is 0. The third-order valence-electron chi connectivity index (χ3n) is 2.63. The van der Waals surface area contributed by atoms with Crippen LogP contribution in [0.3, 0.4) is 0 Å². The average Bonchev–Trinajstić information content (AvgIpc) is 2.86. The summed E-state index contributed by atoms with van der Waals surface area (Å²) in [6, 6.07) is 6.07. The Morgan fingerprint density at radius 3 is 2.83 bits per heavy atom. The lowest BCUT2D eigenvalue weighted by atomic mass is 10.4. The molecule has 3 aromatic rings. The molecule has 92 valence electrons. The molecule has 3 rings (SSSR count). The zero-order valence-corrected chi connectivity index (χ0v) is 12.3. The molecule has 0 saturated carbocycles. The van der Waals surface area contributed by atoms with Gasteiger partial charge < -0.3 is 4.98 Å². The van der Waals surface area contributed by atoms with Crippen LogP contribution in [0.2, 0.25) is 0 Å². The molecule has 0 atom stereocenters. The minimum atomic E-state index is 0.856. The van der Waals surface area contributed by atoms with Crippen molar-refractivity contribution in [3.63, 3.8) is 0 Å². The van der Waals surface area contributed by atoms with Crippen molar-refractivity contribution in [2.24, 2.45) is 0 Å². The van der Waals surface area contributed by atoms with Crippen LogP contribution in [-0.4, -0.2) is 19.4 Å². The van der Waals surface area contributed by atoms with E-state index in [1.807, 2.05) is 25.3 Å². The summed E-state index contributed by atoms with van der Waals surface area (Å²) in [6.45, 7) is 4.05. The highest BCUT2D eigenvalue weighted by atomic mass is 79.9. The van der Waals surface area contributed by atoms with Crippen molar-refractivity contribution >= 4 is 33.3 Å². The van der Waals surface area contributed by atoms with Gasteiger partial charge in [-0.05, 0) is 53.7 Å². The van der Waals surface area contributed by atoms with E-state index in [9.17, 15) is 0 Å². The highest BCUT2D eigenvalue weighted by molar-refractivity contribution is 9.10. The number of fused-ring (bicyclic) bond motifs is 1. The van der Waals surface area contributed by atoms with Gasteiger partial charge in [0.15, 0.2) is 5.16 Å². The molecule has 0 spiro atoms. The van der Waals surface area contributed by atoms with E-state index in [1.165, 1.54) is 11.8 Å². The molecule has 1 N–H and O–H groups in total. The Morgan fingerprint density at radius 1 is 1.33 bits per heavy atom. The van der Waals surface area contributed by atoms with Crippen LogP contribution in [0.25, 0.3) is 5.65 Å². The maximum atomic E-state index is 4.60. The predicted molar refractivity (Wildman–Crippen MR) is 75.1 cm³/mol. The maximum absolute atomic E-state index is 4.60. The lowest BCUT2D eigenvalue weighted by Gasteiger charge is -1.99. The number of hydrogen-bond donors (Lipinski definition) is 1. The summed E-state index contributed by atoms with van der Waals surface area (Å²) in [4.78, 5) is 12.1. The van der Waals surface area contributed by atoms with Crippen molar-refractivity contribution in [2.75, 3.05) is 0 Å². The molecule has 3 heterocycles. The highest BCUT2D eigenvalue weighted by Crippen LogP contribution is 2.32. The van der Waals surface area contributed by atoms with Gasteiger partial charge >= 0.3 is 0 Å². The Hall–Kier alpha value is -1.27. The van der Waals surface area contributed by atoms with Crippen molar-refractivity contribution < 1.29 is 0 Å². The summed E-state index contributed by atoms with van der Waals surface area (Å²) >= 11 is 5.13. The van der Waals surface area contributed by atoms with Crippen LogP contribution in [0.15, 0.2) is 39.2 Å². The topological polar surface area (TPSA) is 46.0 Å². The van der Waals surface area contributed by atoms with Crippen LogP contribution >= 0.6 is 27.7 Å². The van der Waals surface area contributed by atoms with Gasteiger partial charge in [0.25, 0.3) is 0 Å². The summed E-state index contributed by atoms with van der Waals surface area (Å²) in [6.07, 6.45) is 1.82. The zero-order valence-electron chi connectivity index (χ0n) is 9.94. The summed E-state index contributed by atoms with van der Waals surface area (Å²) in [5, 5.41) is 1.77. The molecule has 0 aromatic carbocycles. The van der Waals surface area contributed by atoms with Crippen molar-refractivity contribution in [2.45, 2.75) is 24.0 Å². The third-order valence-corrected chi connectivity index (χ3v) is 4.50. The minimum Gasteiger partial charge on any atom is -0.337 e. The second-order valence-electron chi connectivity index (χ2n) is 4.04. The molecular formula is C12H11BrN4S. The number of imidazole rings is 2. The summed E-state index contributed by atoms with van der Waals surface area (Å²) in [5.74, 6) is 0. The highest BCUT2D eigenvalue weighted by Gasteiger charge is 2.13. The van der Waals surface area contributed by atoms with Gasteiger partial charge in [0.2, 0.25) is 0 Å². The van der Waals surface area contributed by atoms with E-state index < -0.39 is 0 Å². The first-order valence-corrected chi connectivity index (χ1v) is 7.09. The summed E-state index contributed by atoms with van der Waals surface area (Å²) < 4.78 is 3.05. The number of nitrogens with zero attached hydrogens (tertiary/aromatic N) is 3. The van der Waals surface area contributed by atoms with Crippen molar-refractivity contribution in [3.05, 3.63) is 40.4 Å². The number of halogens is 1. The number of aromatic amines is 1. The van der Waals surface area contributed by atoms with Crippen LogP contribution in [0.5, 0.6) is 0 Å². The molecule has 4 nitrogen and oxygen atoms in total. The number of nitrogens with one attached hydrogen (secondary N) is 1. The monoisotopic (exact) mass is 322 g/mol. The Balaban J connectivity index is 2.07. The molecule has 0 saturated heterocycles. The summed E-state index contributed by atoms with van der Waals surface area (Å²) in [5.41, 5.74) is 3.13. The van der Waals surface area contributed by atoms with Gasteiger partial charge in [-0.2, -0.15) is 0 Å². The lowest BCUT2D eigenvalue weighted by molar-refractivity contribution is 1.02. The minimum absolute atomic E-state index is 0.856. The van der Waals surface area contributed by atoms with Crippen molar-refractivity contribution in [1.29, 1.82) is 0 Å². The maximum Gasteiger partial charge on any atom is 0.171 e. The molecule has 0 amide bonds. The number of aromatic nitrogens is 4. The smallest absolute Gasteiger partial charge is 0.171 e. The fraction of sp³-hybridized carbons (Fsp3) is 0.167. The van der Waals surface area contributed by atoms with Crippen LogP contribution in [-0.2, 0) is 0 Å². The molecule has 0 radical (unpaired) electrons. The van der Waals surface area contributed by atoms with E-state index in [0.717, 1.165) is 31.8 Å².